The number of amides is 1. The van der Waals surface area contributed by atoms with Crippen LogP contribution in [0.3, 0.4) is 0 Å². The van der Waals surface area contributed by atoms with Crippen molar-refractivity contribution in [3.8, 4) is 0 Å². The van der Waals surface area contributed by atoms with E-state index in [0.29, 0.717) is 22.0 Å². The first-order valence-electron chi connectivity index (χ1n) is 6.46. The Morgan fingerprint density at radius 3 is 2.68 bits per heavy atom. The molecule has 1 amide bonds. The summed E-state index contributed by atoms with van der Waals surface area (Å²) in [4.78, 5) is 26.7. The number of thiazole rings is 1. The van der Waals surface area contributed by atoms with Crippen LogP contribution in [0.15, 0.2) is 30.3 Å². The van der Waals surface area contributed by atoms with E-state index in [-0.39, 0.29) is 11.6 Å². The van der Waals surface area contributed by atoms with Crippen molar-refractivity contribution in [2.24, 2.45) is 0 Å². The first kappa shape index (κ1) is 14.2. The molecule has 0 bridgehead atoms. The van der Waals surface area contributed by atoms with E-state index in [2.05, 4.69) is 15.4 Å². The summed E-state index contributed by atoms with van der Waals surface area (Å²) in [5, 5.41) is 16.3. The van der Waals surface area contributed by atoms with E-state index in [1.807, 2.05) is 30.3 Å². The van der Waals surface area contributed by atoms with Gasteiger partial charge in [-0.1, -0.05) is 41.7 Å². The molecule has 22 heavy (non-hydrogen) atoms. The summed E-state index contributed by atoms with van der Waals surface area (Å²) in [6, 6.07) is 9.56. The molecule has 0 saturated carbocycles. The molecule has 1 aromatic carbocycles. The molecule has 0 aliphatic carbocycles. The fourth-order valence-corrected chi connectivity index (χ4v) is 3.05. The number of aromatic carboxylic acids is 1. The number of nitrogens with one attached hydrogen (secondary N) is 1. The Labute approximate surface area is 129 Å². The molecule has 0 spiro atoms. The van der Waals surface area contributed by atoms with Gasteiger partial charge in [-0.25, -0.2) is 9.48 Å². The minimum absolute atomic E-state index is 0.0555. The third-order valence-electron chi connectivity index (χ3n) is 2.95. The summed E-state index contributed by atoms with van der Waals surface area (Å²) in [5.74, 6) is -1.37. The zero-order chi connectivity index (χ0) is 15.7. The molecule has 0 radical (unpaired) electrons. The predicted molar refractivity (Wildman–Crippen MR) is 82.2 cm³/mol. The Hall–Kier alpha value is -2.74. The lowest BCUT2D eigenvalue weighted by molar-refractivity contribution is -0.114. The second kappa shape index (κ2) is 5.57. The minimum Gasteiger partial charge on any atom is -0.476 e. The molecule has 0 unspecified atom stereocenters. The van der Waals surface area contributed by atoms with E-state index in [1.54, 1.807) is 0 Å². The maximum atomic E-state index is 11.3. The Balaban J connectivity index is 2.07. The molecule has 0 fully saturated rings. The number of anilines is 1. The number of nitrogens with zero attached hydrogens (tertiary/aromatic N) is 3. The van der Waals surface area contributed by atoms with E-state index in [4.69, 9.17) is 0 Å². The van der Waals surface area contributed by atoms with Crippen LogP contribution in [0, 0.1) is 0 Å². The van der Waals surface area contributed by atoms with Gasteiger partial charge in [0.25, 0.3) is 0 Å². The van der Waals surface area contributed by atoms with Crippen LogP contribution in [0.4, 0.5) is 5.13 Å². The van der Waals surface area contributed by atoms with Crippen LogP contribution in [-0.2, 0) is 11.3 Å². The second-order valence-electron chi connectivity index (χ2n) is 4.65. The maximum Gasteiger partial charge on any atom is 0.357 e. The van der Waals surface area contributed by atoms with E-state index < -0.39 is 5.97 Å². The molecule has 2 aromatic heterocycles. The first-order chi connectivity index (χ1) is 10.5. The van der Waals surface area contributed by atoms with Crippen LogP contribution in [-0.4, -0.2) is 31.7 Å². The summed E-state index contributed by atoms with van der Waals surface area (Å²) in [7, 11) is 0. The number of carbonyl (C=O) groups is 2. The molecule has 2 heterocycles. The highest BCUT2D eigenvalue weighted by Gasteiger charge is 2.21. The lowest BCUT2D eigenvalue weighted by atomic mass is 10.2. The first-order valence-corrected chi connectivity index (χ1v) is 7.28. The quantitative estimate of drug-likeness (QED) is 0.769. The van der Waals surface area contributed by atoms with Gasteiger partial charge in [-0.15, -0.1) is 0 Å². The fraction of sp³-hybridized carbons (Fsp3) is 0.143. The van der Waals surface area contributed by atoms with Crippen molar-refractivity contribution in [1.29, 1.82) is 0 Å². The second-order valence-corrected chi connectivity index (χ2v) is 5.65. The Morgan fingerprint density at radius 1 is 1.32 bits per heavy atom. The van der Waals surface area contributed by atoms with Crippen molar-refractivity contribution >= 4 is 38.7 Å². The lowest BCUT2D eigenvalue weighted by Gasteiger charge is -2.02. The number of carbonyl (C=O) groups excluding carboxylic acids is 1. The molecule has 0 aliphatic heterocycles. The highest BCUT2D eigenvalue weighted by molar-refractivity contribution is 7.22. The van der Waals surface area contributed by atoms with Gasteiger partial charge < -0.3 is 10.4 Å². The fourth-order valence-electron chi connectivity index (χ4n) is 2.07. The van der Waals surface area contributed by atoms with Gasteiger partial charge in [-0.05, 0) is 5.56 Å². The zero-order valence-electron chi connectivity index (χ0n) is 11.6. The van der Waals surface area contributed by atoms with Crippen molar-refractivity contribution in [1.82, 2.24) is 14.8 Å². The van der Waals surface area contributed by atoms with Crippen molar-refractivity contribution in [3.05, 3.63) is 41.6 Å². The van der Waals surface area contributed by atoms with Gasteiger partial charge in [0, 0.05) is 6.92 Å². The smallest absolute Gasteiger partial charge is 0.357 e. The summed E-state index contributed by atoms with van der Waals surface area (Å²) >= 11 is 1.10. The van der Waals surface area contributed by atoms with Gasteiger partial charge in [0.2, 0.25) is 5.91 Å². The molecule has 8 heteroatoms. The number of carboxylic acids is 1. The number of benzene rings is 1. The van der Waals surface area contributed by atoms with Crippen molar-refractivity contribution in [3.63, 3.8) is 0 Å². The number of hydrogen-bond acceptors (Lipinski definition) is 5. The molecule has 3 rings (SSSR count). The number of aromatic nitrogens is 3. The van der Waals surface area contributed by atoms with E-state index in [0.717, 1.165) is 16.9 Å². The normalized spacial score (nSPS) is 10.8. The molecule has 0 saturated heterocycles. The molecular weight excluding hydrogens is 304 g/mol. The monoisotopic (exact) mass is 316 g/mol. The van der Waals surface area contributed by atoms with Gasteiger partial charge in [0.15, 0.2) is 16.5 Å². The summed E-state index contributed by atoms with van der Waals surface area (Å²) in [6.07, 6.45) is 0. The predicted octanol–water partition coefficient (Wildman–Crippen LogP) is 2.20. The van der Waals surface area contributed by atoms with Crippen LogP contribution in [0.25, 0.3) is 10.3 Å². The van der Waals surface area contributed by atoms with Gasteiger partial charge in [-0.3, -0.25) is 4.79 Å². The Kier molecular flexibility index (Phi) is 3.60. The number of fused-ring (bicyclic) bond motifs is 1. The lowest BCUT2D eigenvalue weighted by Crippen LogP contribution is -2.07. The zero-order valence-corrected chi connectivity index (χ0v) is 12.4. The van der Waals surface area contributed by atoms with Gasteiger partial charge in [0.05, 0.1) is 6.54 Å². The molecule has 7 nitrogen and oxygen atoms in total. The van der Waals surface area contributed by atoms with Crippen LogP contribution in [0.5, 0.6) is 0 Å². The summed E-state index contributed by atoms with van der Waals surface area (Å²) in [6.45, 7) is 1.79. The van der Waals surface area contributed by atoms with Gasteiger partial charge >= 0.3 is 5.97 Å². The molecule has 2 N–H and O–H groups in total. The molecular formula is C14H12N4O3S. The Morgan fingerprint density at radius 2 is 2.05 bits per heavy atom. The van der Waals surface area contributed by atoms with Crippen LogP contribution < -0.4 is 5.32 Å². The largest absolute Gasteiger partial charge is 0.476 e. The number of rotatable bonds is 4. The van der Waals surface area contributed by atoms with E-state index in [1.165, 1.54) is 11.6 Å². The van der Waals surface area contributed by atoms with Crippen molar-refractivity contribution < 1.29 is 14.7 Å². The van der Waals surface area contributed by atoms with Crippen molar-refractivity contribution in [2.45, 2.75) is 13.5 Å². The number of carboxylic acid groups (broad SMARTS) is 1. The molecule has 3 aromatic rings. The van der Waals surface area contributed by atoms with Gasteiger partial charge in [0.1, 0.15) is 4.70 Å². The highest BCUT2D eigenvalue weighted by Crippen LogP contribution is 2.29. The van der Waals surface area contributed by atoms with Crippen LogP contribution in [0.2, 0.25) is 0 Å². The number of hydrogen-bond donors (Lipinski definition) is 2. The standard InChI is InChI=1S/C14H12N4O3S/c1-8(19)15-14-16-12-11(22-14)10(13(20)21)17-18(12)7-9-5-3-2-4-6-9/h2-6H,7H2,1H3,(H,20,21)(H,15,16,19). The average molecular weight is 316 g/mol. The third-order valence-corrected chi connectivity index (χ3v) is 3.92. The maximum absolute atomic E-state index is 11.3. The molecule has 0 atom stereocenters. The summed E-state index contributed by atoms with van der Waals surface area (Å²) in [5.41, 5.74) is 1.38. The molecule has 112 valence electrons. The third kappa shape index (κ3) is 2.68. The van der Waals surface area contributed by atoms with E-state index >= 15 is 0 Å². The van der Waals surface area contributed by atoms with Crippen molar-refractivity contribution in [2.75, 3.05) is 5.32 Å². The van der Waals surface area contributed by atoms with E-state index in [9.17, 15) is 14.7 Å². The highest BCUT2D eigenvalue weighted by atomic mass is 32.1. The molecule has 0 aliphatic rings. The summed E-state index contributed by atoms with van der Waals surface area (Å²) < 4.78 is 1.99. The topological polar surface area (TPSA) is 97.1 Å². The Bertz CT molecular complexity index is 854. The SMILES string of the molecule is CC(=O)Nc1nc2c(s1)c(C(=O)O)nn2Cc1ccccc1. The van der Waals surface area contributed by atoms with Gasteiger partial charge in [-0.2, -0.15) is 10.1 Å². The van der Waals surface area contributed by atoms with Crippen LogP contribution >= 0.6 is 11.3 Å². The average Bonchev–Trinajstić information content (AvgIpc) is 2.99. The van der Waals surface area contributed by atoms with Crippen LogP contribution in [0.1, 0.15) is 23.0 Å². The minimum atomic E-state index is -1.12.